The van der Waals surface area contributed by atoms with Crippen molar-refractivity contribution in [2.45, 2.75) is 12.1 Å². The molecule has 4 aromatic rings. The molecule has 0 aliphatic heterocycles. The van der Waals surface area contributed by atoms with Gasteiger partial charge in [-0.1, -0.05) is 53.2 Å². The lowest BCUT2D eigenvalue weighted by molar-refractivity contribution is -0.113. The van der Waals surface area contributed by atoms with Crippen LogP contribution >= 0.6 is 50.9 Å². The fraction of sp³-hybridized carbons (Fsp3) is 0.0870. The standard InChI is InChI=1S/C23H17BrCl2N4OS/c1-14-6-11-20(18(24)12-14)27-21(31)13-32-23-29-28-22(17-4-2-3-5-19(17)26)30(23)16-9-7-15(25)8-10-16/h2-12H,13H2,1H3,(H,27,31). The van der Waals surface area contributed by atoms with Gasteiger partial charge in [0.15, 0.2) is 11.0 Å². The molecular weight excluding hydrogens is 531 g/mol. The Morgan fingerprint density at radius 3 is 2.53 bits per heavy atom. The van der Waals surface area contributed by atoms with E-state index in [2.05, 4.69) is 31.4 Å². The zero-order valence-electron chi connectivity index (χ0n) is 16.8. The van der Waals surface area contributed by atoms with Gasteiger partial charge >= 0.3 is 0 Å². The van der Waals surface area contributed by atoms with Crippen molar-refractivity contribution in [3.63, 3.8) is 0 Å². The second-order valence-corrected chi connectivity index (χ2v) is 9.56. The van der Waals surface area contributed by atoms with E-state index in [1.165, 1.54) is 11.8 Å². The van der Waals surface area contributed by atoms with Gasteiger partial charge in [0.1, 0.15) is 0 Å². The van der Waals surface area contributed by atoms with Crippen molar-refractivity contribution in [2.24, 2.45) is 0 Å². The molecule has 0 saturated heterocycles. The number of benzene rings is 3. The summed E-state index contributed by atoms with van der Waals surface area (Å²) in [6, 6.07) is 20.5. The van der Waals surface area contributed by atoms with E-state index in [0.717, 1.165) is 27.0 Å². The summed E-state index contributed by atoms with van der Waals surface area (Å²) in [5.41, 5.74) is 3.39. The van der Waals surface area contributed by atoms with Crippen molar-refractivity contribution in [3.8, 4) is 17.1 Å². The molecular formula is C23H17BrCl2N4OS. The van der Waals surface area contributed by atoms with Crippen LogP contribution < -0.4 is 5.32 Å². The quantitative estimate of drug-likeness (QED) is 0.263. The number of carbonyl (C=O) groups excluding carboxylic acids is 1. The average Bonchev–Trinajstić information content (AvgIpc) is 3.19. The Balaban J connectivity index is 1.61. The number of aryl methyl sites for hydroxylation is 1. The van der Waals surface area contributed by atoms with Gasteiger partial charge in [-0.3, -0.25) is 9.36 Å². The van der Waals surface area contributed by atoms with Gasteiger partial charge < -0.3 is 5.32 Å². The van der Waals surface area contributed by atoms with Crippen molar-refractivity contribution < 1.29 is 4.79 Å². The van der Waals surface area contributed by atoms with Gasteiger partial charge in [0.25, 0.3) is 0 Å². The molecule has 162 valence electrons. The number of carbonyl (C=O) groups is 1. The summed E-state index contributed by atoms with van der Waals surface area (Å²) in [5, 5.41) is 13.4. The number of halogens is 3. The fourth-order valence-electron chi connectivity index (χ4n) is 3.04. The van der Waals surface area contributed by atoms with Crippen LogP contribution in [0.1, 0.15) is 5.56 Å². The van der Waals surface area contributed by atoms with Gasteiger partial charge in [-0.2, -0.15) is 0 Å². The molecule has 0 radical (unpaired) electrons. The zero-order valence-corrected chi connectivity index (χ0v) is 20.8. The predicted molar refractivity (Wildman–Crippen MR) is 135 cm³/mol. The summed E-state index contributed by atoms with van der Waals surface area (Å²) < 4.78 is 2.71. The van der Waals surface area contributed by atoms with Crippen molar-refractivity contribution in [1.82, 2.24) is 14.8 Å². The lowest BCUT2D eigenvalue weighted by Gasteiger charge is -2.12. The van der Waals surface area contributed by atoms with Gasteiger partial charge in [0.2, 0.25) is 5.91 Å². The first-order chi connectivity index (χ1) is 15.4. The van der Waals surface area contributed by atoms with Crippen molar-refractivity contribution >= 4 is 62.5 Å². The van der Waals surface area contributed by atoms with Crippen LogP contribution in [0.5, 0.6) is 0 Å². The Morgan fingerprint density at radius 2 is 1.81 bits per heavy atom. The summed E-state index contributed by atoms with van der Waals surface area (Å²) in [4.78, 5) is 12.6. The number of amides is 1. The number of rotatable bonds is 6. The monoisotopic (exact) mass is 546 g/mol. The normalized spacial score (nSPS) is 10.9. The van der Waals surface area contributed by atoms with Crippen LogP contribution in [0.3, 0.4) is 0 Å². The van der Waals surface area contributed by atoms with Crippen molar-refractivity contribution in [3.05, 3.63) is 86.8 Å². The van der Waals surface area contributed by atoms with Crippen LogP contribution in [0.25, 0.3) is 17.1 Å². The molecule has 1 aromatic heterocycles. The summed E-state index contributed by atoms with van der Waals surface area (Å²) in [7, 11) is 0. The summed E-state index contributed by atoms with van der Waals surface area (Å²) in [6.45, 7) is 1.99. The first kappa shape index (κ1) is 22.9. The van der Waals surface area contributed by atoms with Crippen LogP contribution in [-0.2, 0) is 4.79 Å². The summed E-state index contributed by atoms with van der Waals surface area (Å²) in [5.74, 6) is 0.598. The smallest absolute Gasteiger partial charge is 0.234 e. The molecule has 4 rings (SSSR count). The Bertz CT molecular complexity index is 1280. The maximum Gasteiger partial charge on any atom is 0.234 e. The molecule has 32 heavy (non-hydrogen) atoms. The number of nitrogens with one attached hydrogen (secondary N) is 1. The molecule has 3 aromatic carbocycles. The number of hydrogen-bond acceptors (Lipinski definition) is 4. The molecule has 1 N–H and O–H groups in total. The first-order valence-corrected chi connectivity index (χ1v) is 12.1. The van der Waals surface area contributed by atoms with E-state index in [0.29, 0.717) is 21.0 Å². The second-order valence-electron chi connectivity index (χ2n) is 6.92. The van der Waals surface area contributed by atoms with Gasteiger partial charge in [0.05, 0.1) is 16.5 Å². The first-order valence-electron chi connectivity index (χ1n) is 9.57. The minimum Gasteiger partial charge on any atom is -0.324 e. The van der Waals surface area contributed by atoms with E-state index >= 15 is 0 Å². The highest BCUT2D eigenvalue weighted by molar-refractivity contribution is 9.10. The largest absolute Gasteiger partial charge is 0.324 e. The highest BCUT2D eigenvalue weighted by Crippen LogP contribution is 2.32. The van der Waals surface area contributed by atoms with Crippen LogP contribution in [0, 0.1) is 6.92 Å². The van der Waals surface area contributed by atoms with Crippen LogP contribution in [-0.4, -0.2) is 26.4 Å². The predicted octanol–water partition coefficient (Wildman–Crippen LogP) is 7.04. The molecule has 0 aliphatic carbocycles. The van der Waals surface area contributed by atoms with Gasteiger partial charge in [-0.05, 0) is 76.9 Å². The number of hydrogen-bond donors (Lipinski definition) is 1. The lowest BCUT2D eigenvalue weighted by Crippen LogP contribution is -2.15. The Labute approximate surface area is 208 Å². The van der Waals surface area contributed by atoms with Gasteiger partial charge in [-0.25, -0.2) is 0 Å². The molecule has 5 nitrogen and oxygen atoms in total. The Kier molecular flexibility index (Phi) is 7.20. The average molecular weight is 548 g/mol. The summed E-state index contributed by atoms with van der Waals surface area (Å²) >= 11 is 17.3. The third-order valence-electron chi connectivity index (χ3n) is 4.56. The molecule has 9 heteroatoms. The molecule has 1 heterocycles. The maximum atomic E-state index is 12.6. The van der Waals surface area contributed by atoms with E-state index in [1.807, 2.05) is 60.0 Å². The number of nitrogens with zero attached hydrogens (tertiary/aromatic N) is 3. The van der Waals surface area contributed by atoms with Crippen LogP contribution in [0.15, 0.2) is 76.4 Å². The number of thioether (sulfide) groups is 1. The van der Waals surface area contributed by atoms with E-state index in [4.69, 9.17) is 23.2 Å². The van der Waals surface area contributed by atoms with Crippen LogP contribution in [0.2, 0.25) is 10.0 Å². The summed E-state index contributed by atoms with van der Waals surface area (Å²) in [6.07, 6.45) is 0. The molecule has 0 aliphatic rings. The molecule has 0 spiro atoms. The highest BCUT2D eigenvalue weighted by atomic mass is 79.9. The van der Waals surface area contributed by atoms with Gasteiger partial charge in [0, 0.05) is 20.7 Å². The Hall–Kier alpha value is -2.32. The fourth-order valence-corrected chi connectivity index (χ4v) is 4.73. The molecule has 0 atom stereocenters. The van der Waals surface area contributed by atoms with E-state index in [-0.39, 0.29) is 11.7 Å². The molecule has 0 saturated carbocycles. The lowest BCUT2D eigenvalue weighted by atomic mass is 10.2. The second kappa shape index (κ2) is 10.1. The Morgan fingerprint density at radius 1 is 1.06 bits per heavy atom. The SMILES string of the molecule is Cc1ccc(NC(=O)CSc2nnc(-c3ccccc3Cl)n2-c2ccc(Cl)cc2)c(Br)c1. The van der Waals surface area contributed by atoms with Crippen molar-refractivity contribution in [2.75, 3.05) is 11.1 Å². The van der Waals surface area contributed by atoms with Gasteiger partial charge in [-0.15, -0.1) is 10.2 Å². The minimum atomic E-state index is -0.149. The van der Waals surface area contributed by atoms with E-state index < -0.39 is 0 Å². The topological polar surface area (TPSA) is 59.8 Å². The minimum absolute atomic E-state index is 0.149. The van der Waals surface area contributed by atoms with Crippen LogP contribution in [0.4, 0.5) is 5.69 Å². The highest BCUT2D eigenvalue weighted by Gasteiger charge is 2.19. The zero-order chi connectivity index (χ0) is 22.7. The number of aromatic nitrogens is 3. The molecule has 1 amide bonds. The number of anilines is 1. The van der Waals surface area contributed by atoms with E-state index in [9.17, 15) is 4.79 Å². The van der Waals surface area contributed by atoms with Crippen molar-refractivity contribution in [1.29, 1.82) is 0 Å². The molecule has 0 unspecified atom stereocenters. The molecule has 0 fully saturated rings. The van der Waals surface area contributed by atoms with E-state index in [1.54, 1.807) is 18.2 Å². The maximum absolute atomic E-state index is 12.6. The third kappa shape index (κ3) is 5.18. The third-order valence-corrected chi connectivity index (χ3v) is 6.73. The molecule has 0 bridgehead atoms.